The molecule has 2 N–H and O–H groups in total. The van der Waals surface area contributed by atoms with Gasteiger partial charge in [0.05, 0.1) is 13.1 Å². The van der Waals surface area contributed by atoms with Crippen LogP contribution in [0, 0.1) is 5.82 Å². The Morgan fingerprint density at radius 3 is 2.87 bits per heavy atom. The van der Waals surface area contributed by atoms with Gasteiger partial charge in [-0.3, -0.25) is 0 Å². The van der Waals surface area contributed by atoms with E-state index in [1.807, 2.05) is 25.3 Å². The Balaban J connectivity index is 1.83. The van der Waals surface area contributed by atoms with E-state index in [2.05, 4.69) is 21.7 Å². The molecule has 1 atom stereocenters. The van der Waals surface area contributed by atoms with Crippen molar-refractivity contribution < 1.29 is 9.13 Å². The van der Waals surface area contributed by atoms with Gasteiger partial charge < -0.3 is 15.4 Å². The number of rotatable bonds is 7. The first-order chi connectivity index (χ1) is 11.2. The average molecular weight is 335 g/mol. The van der Waals surface area contributed by atoms with Crippen LogP contribution in [0.25, 0.3) is 0 Å². The summed E-state index contributed by atoms with van der Waals surface area (Å²) in [6.45, 7) is 5.96. The number of hydrogen-bond acceptors (Lipinski definition) is 3. The molecule has 0 bridgehead atoms. The molecule has 0 spiro atoms. The van der Waals surface area contributed by atoms with Crippen LogP contribution in [0.1, 0.15) is 18.7 Å². The number of ether oxygens (including phenoxy) is 1. The third kappa shape index (κ3) is 6.28. The third-order valence-corrected chi connectivity index (χ3v) is 3.87. The molecule has 0 aliphatic carbocycles. The molecule has 0 radical (unpaired) electrons. The van der Waals surface area contributed by atoms with Crippen molar-refractivity contribution in [2.45, 2.75) is 26.5 Å². The van der Waals surface area contributed by atoms with Gasteiger partial charge in [-0.05, 0) is 37.4 Å². The van der Waals surface area contributed by atoms with Gasteiger partial charge in [-0.15, -0.1) is 11.3 Å². The van der Waals surface area contributed by atoms with Crippen LogP contribution in [-0.2, 0) is 6.54 Å². The number of halogens is 1. The van der Waals surface area contributed by atoms with Gasteiger partial charge in [0.1, 0.15) is 17.7 Å². The summed E-state index contributed by atoms with van der Waals surface area (Å²) < 4.78 is 18.8. The standard InChI is InChI=1S/C17H22FN3OS/c1-3-19-17(21-12-16-8-5-9-23-16)20-11-13(2)22-15-7-4-6-14(18)10-15/h4-10,13H,3,11-12H2,1-2H3,(H2,19,20,21). The molecule has 1 heterocycles. The molecule has 1 aromatic heterocycles. The first kappa shape index (κ1) is 17.3. The maximum atomic E-state index is 13.1. The fourth-order valence-corrected chi connectivity index (χ4v) is 2.58. The lowest BCUT2D eigenvalue weighted by Crippen LogP contribution is -2.41. The maximum Gasteiger partial charge on any atom is 0.191 e. The van der Waals surface area contributed by atoms with Crippen LogP contribution in [0.15, 0.2) is 46.8 Å². The van der Waals surface area contributed by atoms with E-state index in [0.29, 0.717) is 18.8 Å². The number of nitrogens with zero attached hydrogens (tertiary/aromatic N) is 1. The van der Waals surface area contributed by atoms with Crippen molar-refractivity contribution in [2.24, 2.45) is 4.99 Å². The zero-order valence-electron chi connectivity index (χ0n) is 13.4. The number of nitrogens with one attached hydrogen (secondary N) is 2. The molecule has 1 aromatic carbocycles. The van der Waals surface area contributed by atoms with Crippen LogP contribution in [0.5, 0.6) is 5.75 Å². The molecule has 2 aromatic rings. The van der Waals surface area contributed by atoms with Gasteiger partial charge in [0.2, 0.25) is 0 Å². The smallest absolute Gasteiger partial charge is 0.191 e. The fourth-order valence-electron chi connectivity index (χ4n) is 1.96. The Morgan fingerprint density at radius 2 is 2.17 bits per heavy atom. The van der Waals surface area contributed by atoms with Crippen LogP contribution < -0.4 is 15.4 Å². The fraction of sp³-hybridized carbons (Fsp3) is 0.353. The third-order valence-electron chi connectivity index (χ3n) is 3.01. The van der Waals surface area contributed by atoms with E-state index in [1.165, 1.54) is 17.0 Å². The van der Waals surface area contributed by atoms with Crippen LogP contribution >= 0.6 is 11.3 Å². The molecule has 0 aliphatic rings. The minimum absolute atomic E-state index is 0.109. The average Bonchev–Trinajstić information content (AvgIpc) is 3.03. The topological polar surface area (TPSA) is 45.7 Å². The lowest BCUT2D eigenvalue weighted by molar-refractivity contribution is 0.223. The minimum atomic E-state index is -0.298. The molecule has 0 aliphatic heterocycles. The molecule has 0 saturated heterocycles. The number of benzene rings is 1. The first-order valence-electron chi connectivity index (χ1n) is 7.64. The summed E-state index contributed by atoms with van der Waals surface area (Å²) in [6, 6.07) is 10.2. The zero-order chi connectivity index (χ0) is 16.5. The molecule has 124 valence electrons. The van der Waals surface area contributed by atoms with Crippen molar-refractivity contribution in [1.82, 2.24) is 10.6 Å². The van der Waals surface area contributed by atoms with E-state index >= 15 is 0 Å². The lowest BCUT2D eigenvalue weighted by atomic mass is 10.3. The summed E-state index contributed by atoms with van der Waals surface area (Å²) in [5.74, 6) is 0.976. The second kappa shape index (κ2) is 9.15. The van der Waals surface area contributed by atoms with Crippen molar-refractivity contribution in [2.75, 3.05) is 13.1 Å². The predicted octanol–water partition coefficient (Wildman–Crippen LogP) is 3.41. The summed E-state index contributed by atoms with van der Waals surface area (Å²) in [6.07, 6.45) is -0.109. The lowest BCUT2D eigenvalue weighted by Gasteiger charge is -2.17. The van der Waals surface area contributed by atoms with Gasteiger partial charge in [-0.1, -0.05) is 12.1 Å². The molecule has 0 amide bonds. The Kier molecular flexibility index (Phi) is 6.87. The maximum absolute atomic E-state index is 13.1. The highest BCUT2D eigenvalue weighted by Crippen LogP contribution is 2.13. The highest BCUT2D eigenvalue weighted by molar-refractivity contribution is 7.09. The van der Waals surface area contributed by atoms with Crippen LogP contribution in [0.3, 0.4) is 0 Å². The van der Waals surface area contributed by atoms with Crippen LogP contribution in [0.2, 0.25) is 0 Å². The summed E-state index contributed by atoms with van der Waals surface area (Å²) in [7, 11) is 0. The van der Waals surface area contributed by atoms with Crippen LogP contribution in [-0.4, -0.2) is 25.2 Å². The highest BCUT2D eigenvalue weighted by Gasteiger charge is 2.06. The van der Waals surface area contributed by atoms with E-state index < -0.39 is 0 Å². The Labute approximate surface area is 140 Å². The Hall–Kier alpha value is -2.08. The normalized spacial score (nSPS) is 12.7. The molecular weight excluding hydrogens is 313 g/mol. The van der Waals surface area contributed by atoms with E-state index in [0.717, 1.165) is 12.5 Å². The number of aliphatic imine (C=N–C) groups is 1. The van der Waals surface area contributed by atoms with Crippen molar-refractivity contribution in [3.63, 3.8) is 0 Å². The Bertz CT molecular complexity index is 616. The van der Waals surface area contributed by atoms with Crippen molar-refractivity contribution in [3.8, 4) is 5.75 Å². The number of guanidine groups is 1. The van der Waals surface area contributed by atoms with E-state index in [-0.39, 0.29) is 11.9 Å². The van der Waals surface area contributed by atoms with E-state index in [9.17, 15) is 4.39 Å². The van der Waals surface area contributed by atoms with Gasteiger partial charge in [0, 0.05) is 17.5 Å². The van der Waals surface area contributed by atoms with Gasteiger partial charge in [-0.25, -0.2) is 9.38 Å². The summed E-state index contributed by atoms with van der Waals surface area (Å²) in [4.78, 5) is 5.75. The minimum Gasteiger partial charge on any atom is -0.489 e. The SMILES string of the molecule is CCNC(=NCc1cccs1)NCC(C)Oc1cccc(F)c1. The Morgan fingerprint density at radius 1 is 1.30 bits per heavy atom. The molecular formula is C17H22FN3OS. The highest BCUT2D eigenvalue weighted by atomic mass is 32.1. The van der Waals surface area contributed by atoms with E-state index in [4.69, 9.17) is 4.74 Å². The van der Waals surface area contributed by atoms with E-state index in [1.54, 1.807) is 23.5 Å². The first-order valence-corrected chi connectivity index (χ1v) is 8.52. The summed E-state index contributed by atoms with van der Waals surface area (Å²) in [5.41, 5.74) is 0. The largest absolute Gasteiger partial charge is 0.489 e. The molecule has 6 heteroatoms. The summed E-state index contributed by atoms with van der Waals surface area (Å²) >= 11 is 1.69. The van der Waals surface area contributed by atoms with Crippen molar-refractivity contribution in [1.29, 1.82) is 0 Å². The van der Waals surface area contributed by atoms with Gasteiger partial charge in [0.15, 0.2) is 5.96 Å². The van der Waals surface area contributed by atoms with Gasteiger partial charge in [0.25, 0.3) is 0 Å². The predicted molar refractivity (Wildman–Crippen MR) is 93.6 cm³/mol. The number of hydrogen-bond donors (Lipinski definition) is 2. The second-order valence-corrected chi connectivity index (χ2v) is 6.07. The molecule has 2 rings (SSSR count). The monoisotopic (exact) mass is 335 g/mol. The molecule has 4 nitrogen and oxygen atoms in total. The zero-order valence-corrected chi connectivity index (χ0v) is 14.2. The molecule has 23 heavy (non-hydrogen) atoms. The summed E-state index contributed by atoms with van der Waals surface area (Å²) in [5, 5.41) is 8.49. The van der Waals surface area contributed by atoms with Crippen molar-refractivity contribution in [3.05, 3.63) is 52.5 Å². The van der Waals surface area contributed by atoms with Crippen LogP contribution in [0.4, 0.5) is 4.39 Å². The molecule has 0 fully saturated rings. The number of thiophene rings is 1. The van der Waals surface area contributed by atoms with Gasteiger partial charge in [-0.2, -0.15) is 0 Å². The molecule has 0 saturated carbocycles. The molecule has 1 unspecified atom stereocenters. The van der Waals surface area contributed by atoms with Crippen molar-refractivity contribution >= 4 is 17.3 Å². The second-order valence-electron chi connectivity index (χ2n) is 5.04. The quantitative estimate of drug-likeness (QED) is 0.602. The van der Waals surface area contributed by atoms with Gasteiger partial charge >= 0.3 is 0 Å².